The molecule has 4 nitrogen and oxygen atoms in total. The Morgan fingerprint density at radius 2 is 1.94 bits per heavy atom. The quantitative estimate of drug-likeness (QED) is 0.551. The molecule has 1 aliphatic rings. The van der Waals surface area contributed by atoms with E-state index >= 15 is 0 Å². The fourth-order valence-corrected chi connectivity index (χ4v) is 2.22. The van der Waals surface area contributed by atoms with E-state index in [9.17, 15) is 5.11 Å². The number of aliphatic hydroxyl groups excluding tert-OH is 1. The van der Waals surface area contributed by atoms with Crippen LogP contribution < -0.4 is 5.32 Å². The van der Waals surface area contributed by atoms with Crippen molar-refractivity contribution < 1.29 is 14.6 Å². The minimum absolute atomic E-state index is 0.151. The third-order valence-corrected chi connectivity index (χ3v) is 3.35. The van der Waals surface area contributed by atoms with Gasteiger partial charge >= 0.3 is 0 Å². The zero-order valence-corrected chi connectivity index (χ0v) is 12.1. The summed E-state index contributed by atoms with van der Waals surface area (Å²) in [5.74, 6) is 1.13. The molecule has 0 saturated heterocycles. The lowest BCUT2D eigenvalue weighted by Gasteiger charge is -2.32. The largest absolute Gasteiger partial charge is 0.394 e. The van der Waals surface area contributed by atoms with Crippen molar-refractivity contribution in [1.29, 1.82) is 0 Å². The first-order valence-electron chi connectivity index (χ1n) is 7.16. The second kappa shape index (κ2) is 8.10. The summed E-state index contributed by atoms with van der Waals surface area (Å²) in [5.41, 5.74) is -0.229. The van der Waals surface area contributed by atoms with Crippen LogP contribution in [0.3, 0.4) is 0 Å². The number of ether oxygens (including phenoxy) is 2. The van der Waals surface area contributed by atoms with Crippen LogP contribution >= 0.6 is 0 Å². The van der Waals surface area contributed by atoms with Crippen molar-refractivity contribution in [2.24, 2.45) is 11.8 Å². The van der Waals surface area contributed by atoms with Crippen LogP contribution in [0.1, 0.15) is 33.6 Å². The SMILES string of the molecule is CCNC(CO)(COCCOCC(C)C)C1CC1. The smallest absolute Gasteiger partial charge is 0.0701 e. The van der Waals surface area contributed by atoms with E-state index in [1.165, 1.54) is 12.8 Å². The number of aliphatic hydroxyl groups is 1. The molecule has 0 aliphatic heterocycles. The maximum absolute atomic E-state index is 9.62. The molecule has 1 rings (SSSR count). The molecule has 1 unspecified atom stereocenters. The van der Waals surface area contributed by atoms with Gasteiger partial charge in [0.15, 0.2) is 0 Å². The standard InChI is InChI=1S/C14H29NO3/c1-4-15-14(10-16,13-5-6-13)11-18-8-7-17-9-12(2)3/h12-13,15-16H,4-11H2,1-3H3. The average molecular weight is 259 g/mol. The Hall–Kier alpha value is -0.160. The van der Waals surface area contributed by atoms with E-state index in [1.807, 2.05) is 0 Å². The lowest BCUT2D eigenvalue weighted by atomic mass is 9.95. The van der Waals surface area contributed by atoms with Gasteiger partial charge < -0.3 is 19.9 Å². The van der Waals surface area contributed by atoms with Gasteiger partial charge in [-0.1, -0.05) is 20.8 Å². The molecule has 0 radical (unpaired) electrons. The number of hydrogen-bond donors (Lipinski definition) is 2. The van der Waals surface area contributed by atoms with Gasteiger partial charge in [0, 0.05) is 6.61 Å². The zero-order valence-electron chi connectivity index (χ0n) is 12.1. The van der Waals surface area contributed by atoms with E-state index in [4.69, 9.17) is 9.47 Å². The number of nitrogens with one attached hydrogen (secondary N) is 1. The minimum Gasteiger partial charge on any atom is -0.394 e. The molecular formula is C14H29NO3. The van der Waals surface area contributed by atoms with E-state index in [0.29, 0.717) is 31.7 Å². The topological polar surface area (TPSA) is 50.7 Å². The Balaban J connectivity index is 2.17. The van der Waals surface area contributed by atoms with E-state index in [2.05, 4.69) is 26.1 Å². The van der Waals surface area contributed by atoms with Crippen molar-refractivity contribution >= 4 is 0 Å². The predicted octanol–water partition coefficient (Wildman–Crippen LogP) is 1.43. The van der Waals surface area contributed by atoms with E-state index in [0.717, 1.165) is 13.2 Å². The van der Waals surface area contributed by atoms with Crippen LogP contribution in [-0.2, 0) is 9.47 Å². The molecule has 0 spiro atoms. The van der Waals surface area contributed by atoms with Crippen LogP contribution in [0.2, 0.25) is 0 Å². The molecule has 1 saturated carbocycles. The molecule has 0 aromatic rings. The van der Waals surface area contributed by atoms with Crippen LogP contribution in [0.25, 0.3) is 0 Å². The highest BCUT2D eigenvalue weighted by molar-refractivity contribution is 5.00. The molecular weight excluding hydrogens is 230 g/mol. The monoisotopic (exact) mass is 259 g/mol. The molecule has 0 aromatic carbocycles. The second-order valence-electron chi connectivity index (χ2n) is 5.64. The Kier molecular flexibility index (Phi) is 7.15. The molecule has 1 fully saturated rings. The summed E-state index contributed by atoms with van der Waals surface area (Å²) in [6.45, 7) is 9.95. The minimum atomic E-state index is -0.229. The van der Waals surface area contributed by atoms with Gasteiger partial charge in [0.05, 0.1) is 32.0 Å². The number of likely N-dealkylation sites (N-methyl/N-ethyl adjacent to an activating group) is 1. The van der Waals surface area contributed by atoms with Gasteiger partial charge in [-0.2, -0.15) is 0 Å². The van der Waals surface area contributed by atoms with Gasteiger partial charge in [-0.15, -0.1) is 0 Å². The Bertz CT molecular complexity index is 219. The molecule has 1 aliphatic carbocycles. The first kappa shape index (κ1) is 15.9. The molecule has 4 heteroatoms. The molecule has 0 amide bonds. The van der Waals surface area contributed by atoms with Gasteiger partial charge in [-0.05, 0) is 31.2 Å². The van der Waals surface area contributed by atoms with E-state index < -0.39 is 0 Å². The Morgan fingerprint density at radius 3 is 2.44 bits per heavy atom. The van der Waals surface area contributed by atoms with Crippen molar-refractivity contribution in [3.05, 3.63) is 0 Å². The van der Waals surface area contributed by atoms with Crippen LogP contribution in [0.15, 0.2) is 0 Å². The lowest BCUT2D eigenvalue weighted by Crippen LogP contribution is -2.54. The van der Waals surface area contributed by atoms with Crippen LogP contribution in [0, 0.1) is 11.8 Å². The van der Waals surface area contributed by atoms with Gasteiger partial charge in [0.2, 0.25) is 0 Å². The third kappa shape index (κ3) is 5.22. The van der Waals surface area contributed by atoms with Crippen molar-refractivity contribution in [1.82, 2.24) is 5.32 Å². The predicted molar refractivity (Wildman–Crippen MR) is 72.7 cm³/mol. The molecule has 108 valence electrons. The first-order valence-corrected chi connectivity index (χ1v) is 7.16. The summed E-state index contributed by atoms with van der Waals surface area (Å²) in [7, 11) is 0. The van der Waals surface area contributed by atoms with Crippen molar-refractivity contribution in [2.75, 3.05) is 39.6 Å². The number of hydrogen-bond acceptors (Lipinski definition) is 4. The molecule has 0 aromatic heterocycles. The highest BCUT2D eigenvalue weighted by atomic mass is 16.5. The van der Waals surface area contributed by atoms with Gasteiger partial charge in [-0.25, -0.2) is 0 Å². The summed E-state index contributed by atoms with van der Waals surface area (Å²) < 4.78 is 11.1. The fraction of sp³-hybridized carbons (Fsp3) is 1.00. The van der Waals surface area contributed by atoms with Gasteiger partial charge in [0.25, 0.3) is 0 Å². The highest BCUT2D eigenvalue weighted by Gasteiger charge is 2.44. The molecule has 0 bridgehead atoms. The van der Waals surface area contributed by atoms with Crippen LogP contribution in [0.5, 0.6) is 0 Å². The van der Waals surface area contributed by atoms with Crippen molar-refractivity contribution in [3.63, 3.8) is 0 Å². The average Bonchev–Trinajstić information content (AvgIpc) is 3.16. The van der Waals surface area contributed by atoms with Crippen LogP contribution in [-0.4, -0.2) is 50.2 Å². The van der Waals surface area contributed by atoms with Crippen molar-refractivity contribution in [2.45, 2.75) is 39.2 Å². The summed E-state index contributed by atoms with van der Waals surface area (Å²) in [6, 6.07) is 0. The number of rotatable bonds is 11. The summed E-state index contributed by atoms with van der Waals surface area (Å²) >= 11 is 0. The lowest BCUT2D eigenvalue weighted by molar-refractivity contribution is -0.00752. The van der Waals surface area contributed by atoms with E-state index in [1.54, 1.807) is 0 Å². The summed E-state index contributed by atoms with van der Waals surface area (Å²) in [4.78, 5) is 0. The maximum Gasteiger partial charge on any atom is 0.0701 e. The molecule has 0 heterocycles. The normalized spacial score (nSPS) is 19.2. The summed E-state index contributed by atoms with van der Waals surface area (Å²) in [6.07, 6.45) is 2.39. The Labute approximate surface area is 111 Å². The highest BCUT2D eigenvalue weighted by Crippen LogP contribution is 2.39. The van der Waals surface area contributed by atoms with Crippen LogP contribution in [0.4, 0.5) is 0 Å². The van der Waals surface area contributed by atoms with Gasteiger partial charge in [0.1, 0.15) is 0 Å². The fourth-order valence-electron chi connectivity index (χ4n) is 2.22. The zero-order chi connectivity index (χ0) is 13.4. The van der Waals surface area contributed by atoms with E-state index in [-0.39, 0.29) is 12.1 Å². The first-order chi connectivity index (χ1) is 8.64. The Morgan fingerprint density at radius 1 is 1.28 bits per heavy atom. The summed E-state index contributed by atoms with van der Waals surface area (Å²) in [5, 5.41) is 13.0. The van der Waals surface area contributed by atoms with Gasteiger partial charge in [-0.3, -0.25) is 0 Å². The van der Waals surface area contributed by atoms with Crippen molar-refractivity contribution in [3.8, 4) is 0 Å². The third-order valence-electron chi connectivity index (χ3n) is 3.35. The molecule has 1 atom stereocenters. The molecule has 18 heavy (non-hydrogen) atoms. The molecule has 2 N–H and O–H groups in total. The maximum atomic E-state index is 9.62. The second-order valence-corrected chi connectivity index (χ2v) is 5.64.